The number of esters is 2. The molecule has 40 heavy (non-hydrogen) atoms. The molecule has 10 nitrogen and oxygen atoms in total. The van der Waals surface area contributed by atoms with Crippen LogP contribution in [-0.2, 0) is 28.5 Å². The number of nitrogens with one attached hydrogen (secondary N) is 2. The summed E-state index contributed by atoms with van der Waals surface area (Å²) >= 11 is 0. The number of alkyl carbamates (subject to hydrolysis) is 2. The third-order valence-electron chi connectivity index (χ3n) is 4.93. The van der Waals surface area contributed by atoms with Gasteiger partial charge in [0, 0.05) is 12.2 Å². The third kappa shape index (κ3) is 12.9. The quantitative estimate of drug-likeness (QED) is 0.234. The van der Waals surface area contributed by atoms with Gasteiger partial charge in [-0.3, -0.25) is 0 Å². The van der Waals surface area contributed by atoms with Crippen LogP contribution in [-0.4, -0.2) is 48.5 Å². The maximum absolute atomic E-state index is 12.3. The Labute approximate surface area is 235 Å². The first-order chi connectivity index (χ1) is 18.7. The van der Waals surface area contributed by atoms with Gasteiger partial charge in [0.25, 0.3) is 0 Å². The molecule has 0 aliphatic rings. The van der Waals surface area contributed by atoms with E-state index in [2.05, 4.69) is 10.6 Å². The number of ether oxygens (including phenoxy) is 4. The lowest BCUT2D eigenvalue weighted by molar-refractivity contribution is -0.141. The standard InChI is InChI=1S/C30H38N2O8/c1-29(2,3)39-27(35)31-23(21-13-9-7-10-14-21)19-37-25(33)17-18-26(34)38-20-24(22-15-11-8-12-16-22)32-28(36)40-30(4,5)6/h7-18,23-24H,19-20H2,1-6H3,(H,31,35)(H,32,36)/b18-17+/t23-,24-/m0/s1. The van der Waals surface area contributed by atoms with Crippen molar-refractivity contribution in [1.82, 2.24) is 10.6 Å². The Hall–Kier alpha value is -4.34. The van der Waals surface area contributed by atoms with Gasteiger partial charge in [0.1, 0.15) is 24.4 Å². The largest absolute Gasteiger partial charge is 0.460 e. The van der Waals surface area contributed by atoms with Gasteiger partial charge >= 0.3 is 24.1 Å². The molecule has 0 bridgehead atoms. The Balaban J connectivity index is 1.95. The second kappa shape index (κ2) is 14.7. The van der Waals surface area contributed by atoms with E-state index in [9.17, 15) is 19.2 Å². The zero-order valence-electron chi connectivity index (χ0n) is 23.8. The van der Waals surface area contributed by atoms with Crippen LogP contribution in [0.5, 0.6) is 0 Å². The van der Waals surface area contributed by atoms with Crippen LogP contribution in [0.3, 0.4) is 0 Å². The van der Waals surface area contributed by atoms with Gasteiger partial charge < -0.3 is 29.6 Å². The van der Waals surface area contributed by atoms with Crippen molar-refractivity contribution in [1.29, 1.82) is 0 Å². The van der Waals surface area contributed by atoms with Crippen molar-refractivity contribution in [3.8, 4) is 0 Å². The van der Waals surface area contributed by atoms with Crippen molar-refractivity contribution in [2.24, 2.45) is 0 Å². The van der Waals surface area contributed by atoms with Gasteiger partial charge in [-0.05, 0) is 52.7 Å². The molecule has 2 aromatic carbocycles. The molecular formula is C30H38N2O8. The van der Waals surface area contributed by atoms with E-state index in [-0.39, 0.29) is 13.2 Å². The van der Waals surface area contributed by atoms with Gasteiger partial charge in [0.15, 0.2) is 0 Å². The number of rotatable bonds is 10. The minimum Gasteiger partial charge on any atom is -0.460 e. The summed E-state index contributed by atoms with van der Waals surface area (Å²) in [5.41, 5.74) is 0.00284. The highest BCUT2D eigenvalue weighted by atomic mass is 16.6. The van der Waals surface area contributed by atoms with E-state index in [1.54, 1.807) is 90.1 Å². The SMILES string of the molecule is CC(C)(C)OC(=O)N[C@@H](COC(=O)/C=C/C(=O)OC[C@H](NC(=O)OC(C)(C)C)c1ccccc1)c1ccccc1. The number of carbonyl (C=O) groups is 4. The summed E-state index contributed by atoms with van der Waals surface area (Å²) < 4.78 is 21.1. The number of carbonyl (C=O) groups excluding carboxylic acids is 4. The molecular weight excluding hydrogens is 516 g/mol. The fourth-order valence-electron chi connectivity index (χ4n) is 3.28. The first-order valence-electron chi connectivity index (χ1n) is 12.8. The van der Waals surface area contributed by atoms with E-state index >= 15 is 0 Å². The van der Waals surface area contributed by atoms with E-state index < -0.39 is 47.4 Å². The summed E-state index contributed by atoms with van der Waals surface area (Å²) in [4.78, 5) is 49.2. The molecule has 0 aliphatic carbocycles. The van der Waals surface area contributed by atoms with Crippen molar-refractivity contribution >= 4 is 24.1 Å². The molecule has 2 rings (SSSR count). The molecule has 0 saturated heterocycles. The highest BCUT2D eigenvalue weighted by Crippen LogP contribution is 2.17. The van der Waals surface area contributed by atoms with Gasteiger partial charge in [-0.25, -0.2) is 19.2 Å². The Morgan fingerprint density at radius 3 is 1.25 bits per heavy atom. The summed E-state index contributed by atoms with van der Waals surface area (Å²) in [5.74, 6) is -1.62. The third-order valence-corrected chi connectivity index (χ3v) is 4.93. The molecule has 0 aromatic heterocycles. The number of hydrogen-bond donors (Lipinski definition) is 2. The highest BCUT2D eigenvalue weighted by molar-refractivity contribution is 5.91. The van der Waals surface area contributed by atoms with Crippen molar-refractivity contribution in [3.05, 3.63) is 83.9 Å². The van der Waals surface area contributed by atoms with Gasteiger partial charge in [0.2, 0.25) is 0 Å². The first-order valence-corrected chi connectivity index (χ1v) is 12.8. The van der Waals surface area contributed by atoms with Gasteiger partial charge in [-0.2, -0.15) is 0 Å². The molecule has 2 atom stereocenters. The van der Waals surface area contributed by atoms with Gasteiger partial charge in [-0.1, -0.05) is 60.7 Å². The van der Waals surface area contributed by atoms with Crippen LogP contribution in [0.25, 0.3) is 0 Å². The monoisotopic (exact) mass is 554 g/mol. The number of hydrogen-bond acceptors (Lipinski definition) is 8. The fraction of sp³-hybridized carbons (Fsp3) is 0.400. The highest BCUT2D eigenvalue weighted by Gasteiger charge is 2.23. The van der Waals surface area contributed by atoms with E-state index in [1.807, 2.05) is 12.1 Å². The van der Waals surface area contributed by atoms with Crippen molar-refractivity contribution in [2.45, 2.75) is 64.8 Å². The zero-order chi connectivity index (χ0) is 29.8. The van der Waals surface area contributed by atoms with E-state index in [1.165, 1.54) is 0 Å². The Morgan fingerprint density at radius 2 is 0.950 bits per heavy atom. The molecule has 216 valence electrons. The molecule has 0 heterocycles. The Morgan fingerprint density at radius 1 is 0.625 bits per heavy atom. The van der Waals surface area contributed by atoms with Crippen LogP contribution >= 0.6 is 0 Å². The number of amides is 2. The topological polar surface area (TPSA) is 129 Å². The number of benzene rings is 2. The van der Waals surface area contributed by atoms with Crippen LogP contribution < -0.4 is 10.6 Å². The average Bonchev–Trinajstić information content (AvgIpc) is 2.86. The predicted molar refractivity (Wildman–Crippen MR) is 148 cm³/mol. The van der Waals surface area contributed by atoms with Crippen molar-refractivity contribution in [2.75, 3.05) is 13.2 Å². The van der Waals surface area contributed by atoms with Crippen LogP contribution in [0, 0.1) is 0 Å². The maximum atomic E-state index is 12.3. The van der Waals surface area contributed by atoms with Crippen LogP contribution in [0.1, 0.15) is 64.8 Å². The lowest BCUT2D eigenvalue weighted by atomic mass is 10.1. The lowest BCUT2D eigenvalue weighted by Gasteiger charge is -2.24. The fourth-order valence-corrected chi connectivity index (χ4v) is 3.28. The molecule has 2 amide bonds. The van der Waals surface area contributed by atoms with Crippen LogP contribution in [0.4, 0.5) is 9.59 Å². The zero-order valence-corrected chi connectivity index (χ0v) is 23.8. The summed E-state index contributed by atoms with van der Waals surface area (Å²) in [6.45, 7) is 10.0. The Bertz CT molecular complexity index is 1060. The molecule has 0 saturated carbocycles. The summed E-state index contributed by atoms with van der Waals surface area (Å²) in [6.07, 6.45) is 0.529. The predicted octanol–water partition coefficient (Wildman–Crippen LogP) is 5.16. The van der Waals surface area contributed by atoms with Gasteiger partial charge in [-0.15, -0.1) is 0 Å². The molecule has 0 unspecified atom stereocenters. The molecule has 2 N–H and O–H groups in total. The van der Waals surface area contributed by atoms with Crippen molar-refractivity contribution in [3.63, 3.8) is 0 Å². The summed E-state index contributed by atoms with van der Waals surface area (Å²) in [5, 5.41) is 5.38. The molecule has 2 aromatic rings. The average molecular weight is 555 g/mol. The lowest BCUT2D eigenvalue weighted by Crippen LogP contribution is -2.37. The summed E-state index contributed by atoms with van der Waals surface area (Å²) in [6, 6.07) is 16.5. The molecule has 0 spiro atoms. The second-order valence-electron chi connectivity index (χ2n) is 10.8. The molecule has 0 aliphatic heterocycles. The van der Waals surface area contributed by atoms with E-state index in [0.29, 0.717) is 11.1 Å². The van der Waals surface area contributed by atoms with E-state index in [4.69, 9.17) is 18.9 Å². The Kier molecular flexibility index (Phi) is 11.7. The maximum Gasteiger partial charge on any atom is 0.408 e. The van der Waals surface area contributed by atoms with Crippen molar-refractivity contribution < 1.29 is 38.1 Å². The minimum absolute atomic E-state index is 0.197. The first kappa shape index (κ1) is 31.9. The van der Waals surface area contributed by atoms with E-state index in [0.717, 1.165) is 12.2 Å². The molecule has 0 radical (unpaired) electrons. The normalized spacial score (nSPS) is 13.1. The molecule has 0 fully saturated rings. The summed E-state index contributed by atoms with van der Waals surface area (Å²) in [7, 11) is 0. The second-order valence-corrected chi connectivity index (χ2v) is 10.8. The smallest absolute Gasteiger partial charge is 0.408 e. The van der Waals surface area contributed by atoms with Crippen LogP contribution in [0.2, 0.25) is 0 Å². The minimum atomic E-state index is -0.810. The van der Waals surface area contributed by atoms with Gasteiger partial charge in [0.05, 0.1) is 12.1 Å². The van der Waals surface area contributed by atoms with Crippen LogP contribution in [0.15, 0.2) is 72.8 Å². The molecule has 10 heteroatoms.